The average molecular weight is 688 g/mol. The largest absolute Gasteiger partial charge is 0.353 e. The molecule has 2 aliphatic heterocycles. The van der Waals surface area contributed by atoms with Crippen molar-refractivity contribution in [3.8, 4) is 22.4 Å². The smallest absolute Gasteiger partial charge is 0.247 e. The predicted molar refractivity (Wildman–Crippen MR) is 196 cm³/mol. The van der Waals surface area contributed by atoms with E-state index in [0.29, 0.717) is 23.7 Å². The van der Waals surface area contributed by atoms with E-state index >= 15 is 0 Å². The zero-order valence-electron chi connectivity index (χ0n) is 27.5. The van der Waals surface area contributed by atoms with Crippen molar-refractivity contribution < 1.29 is 19.2 Å². The van der Waals surface area contributed by atoms with Crippen molar-refractivity contribution in [1.82, 2.24) is 20.5 Å². The van der Waals surface area contributed by atoms with E-state index in [9.17, 15) is 19.2 Å². The second-order valence-electron chi connectivity index (χ2n) is 12.9. The minimum atomic E-state index is -0.520. The summed E-state index contributed by atoms with van der Waals surface area (Å²) in [5, 5.41) is 9.98. The normalized spacial score (nSPS) is 17.2. The number of carbonyl (C=O) groups excluding carboxylic acids is 4. The number of carbonyl (C=O) groups is 4. The molecule has 4 N–H and O–H groups in total. The number of likely N-dealkylation sites (tertiary alicyclic amines) is 1. The lowest BCUT2D eigenvalue weighted by Gasteiger charge is -2.24. The second kappa shape index (κ2) is 14.7. The Bertz CT molecular complexity index is 2050. The SMILES string of the molecule is O=C(Cc1ccccc1-c1ccc(-c2[nH]c3ccc(NC(=O)[C@@H]4CCCN4C(=O)Cc4ccccc4)cc3c2Cl)cc1)NC(=O)[C@@H]1CCCN1. The van der Waals surface area contributed by atoms with Gasteiger partial charge in [-0.3, -0.25) is 24.5 Å². The summed E-state index contributed by atoms with van der Waals surface area (Å²) in [6.45, 7) is 1.35. The van der Waals surface area contributed by atoms with Crippen LogP contribution in [0.25, 0.3) is 33.3 Å². The summed E-state index contributed by atoms with van der Waals surface area (Å²) in [6.07, 6.45) is 3.42. The first kappa shape index (κ1) is 33.3. The van der Waals surface area contributed by atoms with E-state index in [4.69, 9.17) is 11.6 Å². The van der Waals surface area contributed by atoms with Crippen molar-refractivity contribution in [3.63, 3.8) is 0 Å². The van der Waals surface area contributed by atoms with Crippen LogP contribution in [-0.2, 0) is 32.0 Å². The summed E-state index contributed by atoms with van der Waals surface area (Å²) in [6, 6.07) is 29.9. The quantitative estimate of drug-likeness (QED) is 0.146. The van der Waals surface area contributed by atoms with Crippen LogP contribution in [0.3, 0.4) is 0 Å². The highest BCUT2D eigenvalue weighted by Crippen LogP contribution is 2.37. The van der Waals surface area contributed by atoms with Gasteiger partial charge >= 0.3 is 0 Å². The van der Waals surface area contributed by atoms with Gasteiger partial charge in [0.2, 0.25) is 23.6 Å². The maximum atomic E-state index is 13.4. The molecule has 0 radical (unpaired) electrons. The summed E-state index contributed by atoms with van der Waals surface area (Å²) < 4.78 is 0. The van der Waals surface area contributed by atoms with Crippen molar-refractivity contribution in [2.24, 2.45) is 0 Å². The first-order valence-electron chi connectivity index (χ1n) is 17.1. The van der Waals surface area contributed by atoms with Crippen LogP contribution in [0.1, 0.15) is 36.8 Å². The highest BCUT2D eigenvalue weighted by atomic mass is 35.5. The highest BCUT2D eigenvalue weighted by molar-refractivity contribution is 6.38. The van der Waals surface area contributed by atoms with Gasteiger partial charge < -0.3 is 20.5 Å². The molecule has 10 heteroatoms. The molecule has 4 amide bonds. The fourth-order valence-electron chi connectivity index (χ4n) is 6.99. The number of hydrogen-bond acceptors (Lipinski definition) is 5. The van der Waals surface area contributed by atoms with Gasteiger partial charge in [-0.25, -0.2) is 0 Å². The van der Waals surface area contributed by atoms with E-state index in [-0.39, 0.29) is 42.5 Å². The molecule has 4 aromatic carbocycles. The third-order valence-corrected chi connectivity index (χ3v) is 9.96. The van der Waals surface area contributed by atoms with Crippen molar-refractivity contribution in [3.05, 3.63) is 113 Å². The third-order valence-electron chi connectivity index (χ3n) is 9.57. The number of halogens is 1. The molecule has 50 heavy (non-hydrogen) atoms. The number of H-pyrrole nitrogens is 1. The van der Waals surface area contributed by atoms with Crippen LogP contribution >= 0.6 is 11.6 Å². The summed E-state index contributed by atoms with van der Waals surface area (Å²) >= 11 is 6.92. The summed E-state index contributed by atoms with van der Waals surface area (Å²) in [7, 11) is 0. The van der Waals surface area contributed by atoms with Gasteiger partial charge in [0, 0.05) is 23.1 Å². The molecule has 7 rings (SSSR count). The molecule has 0 saturated carbocycles. The molecule has 254 valence electrons. The Labute approximate surface area is 295 Å². The number of rotatable bonds is 9. The minimum Gasteiger partial charge on any atom is -0.353 e. The fraction of sp³-hybridized carbons (Fsp3) is 0.250. The molecular weight excluding hydrogens is 650 g/mol. The monoisotopic (exact) mass is 687 g/mol. The minimum absolute atomic E-state index is 0.0496. The van der Waals surface area contributed by atoms with Gasteiger partial charge in [0.25, 0.3) is 0 Å². The molecule has 2 fully saturated rings. The highest BCUT2D eigenvalue weighted by Gasteiger charge is 2.34. The first-order chi connectivity index (χ1) is 24.3. The van der Waals surface area contributed by atoms with E-state index in [0.717, 1.165) is 70.2 Å². The van der Waals surface area contributed by atoms with Crippen LogP contribution < -0.4 is 16.0 Å². The number of imide groups is 1. The molecule has 0 aliphatic carbocycles. The molecule has 2 atom stereocenters. The molecule has 3 heterocycles. The van der Waals surface area contributed by atoms with E-state index < -0.39 is 6.04 Å². The second-order valence-corrected chi connectivity index (χ2v) is 13.3. The first-order valence-corrected chi connectivity index (χ1v) is 17.4. The standard InChI is InChI=1S/C40H38ClN5O4/c41-37-31-24-29(43-40(50)34-13-7-21-46(34)36(48)22-25-8-2-1-3-9-25)18-19-32(31)44-38(37)27-16-14-26(15-17-27)30-11-5-4-10-28(30)23-35(47)45-39(49)33-12-6-20-42-33/h1-5,8-11,14-19,24,33-34,42,44H,6-7,12-13,20-23H2,(H,43,50)(H,45,47,49)/t33-,34-/m0/s1. The Kier molecular flexibility index (Phi) is 9.78. The Morgan fingerprint density at radius 1 is 0.800 bits per heavy atom. The van der Waals surface area contributed by atoms with Crippen molar-refractivity contribution >= 4 is 51.8 Å². The topological polar surface area (TPSA) is 123 Å². The lowest BCUT2D eigenvalue weighted by molar-refractivity contribution is -0.136. The number of nitrogens with zero attached hydrogens (tertiary/aromatic N) is 1. The Hall–Kier alpha value is -5.25. The fourth-order valence-corrected chi connectivity index (χ4v) is 7.31. The molecule has 0 unspecified atom stereocenters. The number of hydrogen-bond donors (Lipinski definition) is 4. The maximum Gasteiger partial charge on any atom is 0.247 e. The Morgan fingerprint density at radius 2 is 1.56 bits per heavy atom. The average Bonchev–Trinajstić information content (AvgIpc) is 3.91. The number of anilines is 1. The van der Waals surface area contributed by atoms with Crippen LogP contribution in [0.15, 0.2) is 97.1 Å². The maximum absolute atomic E-state index is 13.4. The number of benzene rings is 4. The number of aromatic nitrogens is 1. The van der Waals surface area contributed by atoms with Gasteiger partial charge in [-0.15, -0.1) is 0 Å². The predicted octanol–water partition coefficient (Wildman–Crippen LogP) is 6.26. The summed E-state index contributed by atoms with van der Waals surface area (Å²) in [5.41, 5.74) is 6.65. The zero-order valence-corrected chi connectivity index (χ0v) is 28.3. The Morgan fingerprint density at radius 3 is 2.34 bits per heavy atom. The zero-order chi connectivity index (χ0) is 34.6. The van der Waals surface area contributed by atoms with Gasteiger partial charge in [0.15, 0.2) is 0 Å². The van der Waals surface area contributed by atoms with Crippen LogP contribution in [0.4, 0.5) is 5.69 Å². The van der Waals surface area contributed by atoms with Crippen molar-refractivity contribution in [1.29, 1.82) is 0 Å². The van der Waals surface area contributed by atoms with E-state index in [1.54, 1.807) is 4.90 Å². The molecule has 9 nitrogen and oxygen atoms in total. The van der Waals surface area contributed by atoms with E-state index in [1.807, 2.05) is 97.1 Å². The molecule has 2 aliphatic rings. The molecular formula is C40H38ClN5O4. The summed E-state index contributed by atoms with van der Waals surface area (Å²) in [5.74, 6) is -0.858. The van der Waals surface area contributed by atoms with E-state index in [2.05, 4.69) is 20.9 Å². The van der Waals surface area contributed by atoms with Gasteiger partial charge in [-0.05, 0) is 78.2 Å². The van der Waals surface area contributed by atoms with Crippen molar-refractivity contribution in [2.75, 3.05) is 18.4 Å². The Balaban J connectivity index is 1.03. The van der Waals surface area contributed by atoms with Crippen LogP contribution in [0.2, 0.25) is 5.02 Å². The van der Waals surface area contributed by atoms with Gasteiger partial charge in [0.1, 0.15) is 6.04 Å². The lowest BCUT2D eigenvalue weighted by atomic mass is 9.96. The van der Waals surface area contributed by atoms with Gasteiger partial charge in [-0.1, -0.05) is 90.5 Å². The summed E-state index contributed by atoms with van der Waals surface area (Å²) in [4.78, 5) is 56.7. The van der Waals surface area contributed by atoms with Gasteiger partial charge in [-0.2, -0.15) is 0 Å². The van der Waals surface area contributed by atoms with Crippen LogP contribution in [0, 0.1) is 0 Å². The number of fused-ring (bicyclic) bond motifs is 1. The third kappa shape index (κ3) is 7.20. The molecule has 0 bridgehead atoms. The molecule has 1 aromatic heterocycles. The molecule has 0 spiro atoms. The van der Waals surface area contributed by atoms with E-state index in [1.165, 1.54) is 0 Å². The number of amides is 4. The number of aromatic amines is 1. The molecule has 5 aromatic rings. The number of nitrogens with one attached hydrogen (secondary N) is 4. The molecule has 2 saturated heterocycles. The van der Waals surface area contributed by atoms with Crippen LogP contribution in [0.5, 0.6) is 0 Å². The van der Waals surface area contributed by atoms with Crippen LogP contribution in [-0.4, -0.2) is 58.7 Å². The lowest BCUT2D eigenvalue weighted by Crippen LogP contribution is -2.43. The van der Waals surface area contributed by atoms with Gasteiger partial charge in [0.05, 0.1) is 29.6 Å². The van der Waals surface area contributed by atoms with Crippen molar-refractivity contribution in [2.45, 2.75) is 50.6 Å².